The Morgan fingerprint density at radius 3 is 1.00 bits per heavy atom. The van der Waals surface area contributed by atoms with Gasteiger partial charge < -0.3 is 12.4 Å². The smallest absolute Gasteiger partial charge is 0.379 e. The summed E-state index contributed by atoms with van der Waals surface area (Å²) in [5.41, 5.74) is 0. The molecule has 0 bridgehead atoms. The van der Waals surface area contributed by atoms with E-state index in [2.05, 4.69) is 0 Å². The van der Waals surface area contributed by atoms with E-state index in [-0.39, 0.29) is 25.9 Å². The molecule has 0 amide bonds. The Morgan fingerprint density at radius 2 is 1.00 bits per heavy atom. The van der Waals surface area contributed by atoms with Gasteiger partial charge in [-0.25, -0.2) is 0 Å². The number of halogens is 4. The first-order chi connectivity index (χ1) is 1.73. The van der Waals surface area contributed by atoms with Gasteiger partial charge in [0.1, 0.15) is 0 Å². The second-order valence-corrected chi connectivity index (χ2v) is 0.247. The van der Waals surface area contributed by atoms with Gasteiger partial charge in [-0.15, -0.1) is 0 Å². The fourth-order valence-electron chi connectivity index (χ4n) is 0. The average molecular weight is 141 g/mol. The van der Waals surface area contributed by atoms with Crippen LogP contribution >= 0.6 is 0 Å². The van der Waals surface area contributed by atoms with Crippen molar-refractivity contribution < 1.29 is 25.6 Å². The number of hydrogen-bond donors (Lipinski definition) is 0. The third kappa shape index (κ3) is 282. The molecule has 0 saturated heterocycles. The first-order valence-corrected chi connectivity index (χ1v) is 0.655. The molecule has 0 spiro atoms. The predicted molar refractivity (Wildman–Crippen MR) is 18.7 cm³/mol. The van der Waals surface area contributed by atoms with Crippen LogP contribution in [0, 0.1) is 0 Å². The van der Waals surface area contributed by atoms with E-state index in [1.54, 1.807) is 0 Å². The highest BCUT2D eigenvalue weighted by atomic mass is 35.5. The molecule has 5 heteroatoms. The van der Waals surface area contributed by atoms with E-state index >= 15 is 0 Å². The van der Waals surface area contributed by atoms with Gasteiger partial charge in [0.15, 0.2) is 0 Å². The summed E-state index contributed by atoms with van der Waals surface area (Å²) in [7, 11) is 0. The maximum atomic E-state index is 9.67. The molecule has 42 valence electrons. The van der Waals surface area contributed by atoms with E-state index < -0.39 is 6.68 Å². The van der Waals surface area contributed by atoms with Gasteiger partial charge in [0, 0.05) is 0 Å². The largest absolute Gasteiger partial charge is 1.00 e. The van der Waals surface area contributed by atoms with Crippen LogP contribution in [-0.4, -0.2) is 6.68 Å². The first-order valence-electron chi connectivity index (χ1n) is 0.655. The summed E-state index contributed by atoms with van der Waals surface area (Å²) >= 11 is 0. The van der Waals surface area contributed by atoms with Crippen LogP contribution in [0.2, 0.25) is 0 Å². The topological polar surface area (TPSA) is 0 Å². The van der Waals surface area contributed by atoms with Crippen LogP contribution in [-0.2, 0) is 13.5 Å². The number of hydrogen-bond acceptors (Lipinski definition) is 0. The highest BCUT2D eigenvalue weighted by Gasteiger charge is 1.86. The minimum absolute atomic E-state index is 0. The highest BCUT2D eigenvalue weighted by molar-refractivity contribution is 7.37. The van der Waals surface area contributed by atoms with E-state index in [4.69, 9.17) is 0 Å². The molecule has 0 aliphatic heterocycles. The molecule has 0 radical (unpaired) electrons. The lowest BCUT2D eigenvalue weighted by Gasteiger charge is -1.65. The fourth-order valence-corrected chi connectivity index (χ4v) is 0. The Bertz CT molecular complexity index is 15.5. The minimum Gasteiger partial charge on any atom is -1.00 e. The zero-order valence-corrected chi connectivity index (χ0v) is 4.58. The van der Waals surface area contributed by atoms with Crippen molar-refractivity contribution in [1.29, 1.82) is 0 Å². The van der Waals surface area contributed by atoms with Crippen molar-refractivity contribution in [3.05, 3.63) is 0 Å². The van der Waals surface area contributed by atoms with E-state index in [9.17, 15) is 13.2 Å². The van der Waals surface area contributed by atoms with Gasteiger partial charge in [0.05, 0.1) is 0 Å². The maximum absolute atomic E-state index is 9.67. The standard InChI is InChI=1S/CHF3.ClH.H2S/c2-1(3)4;;/h1H;1H;1H2. The van der Waals surface area contributed by atoms with Crippen molar-refractivity contribution in [2.24, 2.45) is 0 Å². The van der Waals surface area contributed by atoms with E-state index in [0.717, 1.165) is 0 Å². The molecule has 0 saturated carbocycles. The number of rotatable bonds is 0. The van der Waals surface area contributed by atoms with Gasteiger partial charge in [-0.1, -0.05) is 13.5 Å². The molecule has 0 nitrogen and oxygen atoms in total. The van der Waals surface area contributed by atoms with Gasteiger partial charge in [-0.3, -0.25) is 0 Å². The SMILES string of the molecule is FC(F)F.[Cl-].[SH3+]. The van der Waals surface area contributed by atoms with Crippen LogP contribution in [0.1, 0.15) is 0 Å². The average Bonchev–Trinajstić information content (AvgIpc) is 0.811. The Kier molecular flexibility index (Phi) is 24.3. The van der Waals surface area contributed by atoms with Crippen molar-refractivity contribution in [3.8, 4) is 0 Å². The fraction of sp³-hybridized carbons (Fsp3) is 1.00. The molecule has 0 aliphatic carbocycles. The Labute approximate surface area is 46.6 Å². The molecule has 0 heterocycles. The van der Waals surface area contributed by atoms with Crippen molar-refractivity contribution >= 4 is 13.5 Å². The lowest BCUT2D eigenvalue weighted by molar-refractivity contribution is -0.000104. The van der Waals surface area contributed by atoms with Crippen LogP contribution in [0.15, 0.2) is 0 Å². The lowest BCUT2D eigenvalue weighted by Crippen LogP contribution is -3.00. The van der Waals surface area contributed by atoms with Gasteiger partial charge in [0.25, 0.3) is 0 Å². The summed E-state index contributed by atoms with van der Waals surface area (Å²) in [6.07, 6.45) is 0. The second kappa shape index (κ2) is 9.06. The quantitative estimate of drug-likeness (QED) is 0.323. The van der Waals surface area contributed by atoms with Crippen molar-refractivity contribution in [1.82, 2.24) is 0 Å². The Hall–Kier alpha value is 0.430. The number of alkyl halides is 3. The van der Waals surface area contributed by atoms with Gasteiger partial charge in [0.2, 0.25) is 0 Å². The van der Waals surface area contributed by atoms with Gasteiger partial charge in [-0.05, 0) is 0 Å². The predicted octanol–water partition coefficient (Wildman–Crippen LogP) is -2.62. The van der Waals surface area contributed by atoms with Crippen LogP contribution in [0.3, 0.4) is 0 Å². The Morgan fingerprint density at radius 1 is 1.00 bits per heavy atom. The molecular weight excluding hydrogens is 137 g/mol. The summed E-state index contributed by atoms with van der Waals surface area (Å²) in [4.78, 5) is 0. The van der Waals surface area contributed by atoms with Gasteiger partial charge in [-0.2, -0.15) is 13.2 Å². The molecule has 0 fully saturated rings. The normalized spacial score (nSPS) is 6.00. The molecule has 6 heavy (non-hydrogen) atoms. The van der Waals surface area contributed by atoms with Crippen molar-refractivity contribution in [3.63, 3.8) is 0 Å². The zero-order chi connectivity index (χ0) is 3.58. The van der Waals surface area contributed by atoms with Crippen LogP contribution in [0.5, 0.6) is 0 Å². The molecule has 0 aromatic heterocycles. The first kappa shape index (κ1) is 16.1. The lowest BCUT2D eigenvalue weighted by atomic mass is 11.6. The maximum Gasteiger partial charge on any atom is 0.379 e. The minimum atomic E-state index is -3.67. The van der Waals surface area contributed by atoms with Crippen molar-refractivity contribution in [2.45, 2.75) is 6.68 Å². The summed E-state index contributed by atoms with van der Waals surface area (Å²) < 4.78 is 29.0. The zero-order valence-electron chi connectivity index (χ0n) is 2.67. The van der Waals surface area contributed by atoms with Crippen molar-refractivity contribution in [2.75, 3.05) is 0 Å². The third-order valence-corrected chi connectivity index (χ3v) is 0. The molecule has 0 N–H and O–H groups in total. The highest BCUT2D eigenvalue weighted by Crippen LogP contribution is 1.87. The second-order valence-electron chi connectivity index (χ2n) is 0.247. The third-order valence-electron chi connectivity index (χ3n) is 0. The Balaban J connectivity index is -0.0000000450. The molecule has 0 rings (SSSR count). The van der Waals surface area contributed by atoms with Crippen LogP contribution in [0.4, 0.5) is 13.2 Å². The molecule has 0 aromatic carbocycles. The van der Waals surface area contributed by atoms with E-state index in [1.807, 2.05) is 0 Å². The summed E-state index contributed by atoms with van der Waals surface area (Å²) in [5, 5.41) is 0. The summed E-state index contributed by atoms with van der Waals surface area (Å²) in [6, 6.07) is 0. The molecular formula is CH4ClF3S. The van der Waals surface area contributed by atoms with E-state index in [0.29, 0.717) is 0 Å². The van der Waals surface area contributed by atoms with Gasteiger partial charge >= 0.3 is 6.68 Å². The summed E-state index contributed by atoms with van der Waals surface area (Å²) in [5.74, 6) is 0. The monoisotopic (exact) mass is 140 g/mol. The summed E-state index contributed by atoms with van der Waals surface area (Å²) in [6.45, 7) is -3.67. The van der Waals surface area contributed by atoms with E-state index in [1.165, 1.54) is 0 Å². The molecule has 0 aromatic rings. The molecule has 0 atom stereocenters. The molecule has 0 aliphatic rings. The van der Waals surface area contributed by atoms with Crippen LogP contribution in [0.25, 0.3) is 0 Å². The molecule has 0 unspecified atom stereocenters. The van der Waals surface area contributed by atoms with Crippen LogP contribution < -0.4 is 12.4 Å².